The lowest BCUT2D eigenvalue weighted by molar-refractivity contribution is 0.0696. The first-order valence-electron chi connectivity index (χ1n) is 5.99. The molecule has 4 N–H and O–H groups in total. The number of benzene rings is 1. The van der Waals surface area contributed by atoms with E-state index in [0.29, 0.717) is 11.4 Å². The van der Waals surface area contributed by atoms with Crippen LogP contribution >= 0.6 is 11.6 Å². The number of aromatic nitrogens is 1. The zero-order valence-corrected chi connectivity index (χ0v) is 11.6. The number of carboxylic acid groups (broad SMARTS) is 1. The van der Waals surface area contributed by atoms with E-state index in [4.69, 9.17) is 22.4 Å². The Morgan fingerprint density at radius 1 is 1.33 bits per heavy atom. The molecule has 0 aliphatic rings. The lowest BCUT2D eigenvalue weighted by Crippen LogP contribution is -2.15. The molecule has 1 aromatic carbocycles. The number of nitrogens with two attached hydrogens (primary N) is 1. The van der Waals surface area contributed by atoms with Crippen molar-refractivity contribution in [3.8, 4) is 0 Å². The van der Waals surface area contributed by atoms with Crippen LogP contribution in [0.1, 0.15) is 26.4 Å². The van der Waals surface area contributed by atoms with E-state index in [-0.39, 0.29) is 22.7 Å². The van der Waals surface area contributed by atoms with E-state index in [1.165, 1.54) is 18.3 Å². The number of carbonyl (C=O) groups is 2. The van der Waals surface area contributed by atoms with Crippen LogP contribution in [0.4, 0.5) is 5.69 Å². The lowest BCUT2D eigenvalue weighted by atomic mass is 10.1. The van der Waals surface area contributed by atoms with E-state index in [9.17, 15) is 9.59 Å². The van der Waals surface area contributed by atoms with Crippen molar-refractivity contribution >= 4 is 29.2 Å². The number of aromatic carboxylic acids is 1. The average molecular weight is 306 g/mol. The van der Waals surface area contributed by atoms with E-state index >= 15 is 0 Å². The highest BCUT2D eigenvalue weighted by molar-refractivity contribution is 6.34. The van der Waals surface area contributed by atoms with Crippen LogP contribution < -0.4 is 11.1 Å². The van der Waals surface area contributed by atoms with Crippen molar-refractivity contribution in [1.82, 2.24) is 4.98 Å². The number of halogens is 1. The Kier molecular flexibility index (Phi) is 4.39. The van der Waals surface area contributed by atoms with Crippen molar-refractivity contribution in [3.63, 3.8) is 0 Å². The molecule has 1 heterocycles. The summed E-state index contributed by atoms with van der Waals surface area (Å²) < 4.78 is 0. The molecule has 6 nitrogen and oxygen atoms in total. The van der Waals surface area contributed by atoms with Gasteiger partial charge in [0.2, 0.25) is 0 Å². The molecule has 0 fully saturated rings. The molecule has 0 saturated carbocycles. The molecule has 0 aliphatic heterocycles. The number of pyridine rings is 1. The molecule has 0 aliphatic carbocycles. The highest BCUT2D eigenvalue weighted by atomic mass is 35.5. The SMILES string of the molecule is NC(=O)c1c(Cl)cccc1NCc1cc(C(=O)O)ccn1. The number of hydrogen-bond donors (Lipinski definition) is 3. The van der Waals surface area contributed by atoms with E-state index < -0.39 is 11.9 Å². The Morgan fingerprint density at radius 3 is 2.76 bits per heavy atom. The second-order valence-corrected chi connectivity index (χ2v) is 4.63. The van der Waals surface area contributed by atoms with Gasteiger partial charge in [-0.05, 0) is 24.3 Å². The molecule has 0 spiro atoms. The normalized spacial score (nSPS) is 10.1. The minimum Gasteiger partial charge on any atom is -0.478 e. The number of nitrogens with zero attached hydrogens (tertiary/aromatic N) is 1. The third-order valence-corrected chi connectivity index (χ3v) is 3.10. The fourth-order valence-corrected chi connectivity index (χ4v) is 2.08. The number of hydrogen-bond acceptors (Lipinski definition) is 4. The second-order valence-electron chi connectivity index (χ2n) is 4.22. The van der Waals surface area contributed by atoms with Crippen LogP contribution in [0.15, 0.2) is 36.5 Å². The number of carboxylic acids is 1. The number of anilines is 1. The molecular weight excluding hydrogens is 294 g/mol. The number of nitrogens with one attached hydrogen (secondary N) is 1. The molecule has 2 rings (SSSR count). The van der Waals surface area contributed by atoms with Crippen molar-refractivity contribution in [2.24, 2.45) is 5.73 Å². The van der Waals surface area contributed by atoms with Gasteiger partial charge in [0, 0.05) is 11.9 Å². The summed E-state index contributed by atoms with van der Waals surface area (Å²) >= 11 is 5.94. The topological polar surface area (TPSA) is 105 Å². The minimum absolute atomic E-state index is 0.142. The van der Waals surface area contributed by atoms with Gasteiger partial charge in [-0.2, -0.15) is 0 Å². The molecule has 1 amide bonds. The zero-order valence-electron chi connectivity index (χ0n) is 10.8. The fourth-order valence-electron chi connectivity index (χ4n) is 1.82. The molecule has 0 unspecified atom stereocenters. The van der Waals surface area contributed by atoms with Gasteiger partial charge >= 0.3 is 5.97 Å². The maximum atomic E-state index is 11.4. The van der Waals surface area contributed by atoms with Crippen LogP contribution in [-0.4, -0.2) is 22.0 Å². The van der Waals surface area contributed by atoms with Crippen molar-refractivity contribution in [2.75, 3.05) is 5.32 Å². The average Bonchev–Trinajstić information content (AvgIpc) is 2.45. The van der Waals surface area contributed by atoms with E-state index in [1.807, 2.05) is 0 Å². The number of amides is 1. The first-order chi connectivity index (χ1) is 9.99. The van der Waals surface area contributed by atoms with Gasteiger partial charge in [0.15, 0.2) is 0 Å². The van der Waals surface area contributed by atoms with Gasteiger partial charge in [0.1, 0.15) is 0 Å². The van der Waals surface area contributed by atoms with Crippen LogP contribution in [0.2, 0.25) is 5.02 Å². The predicted molar refractivity (Wildman–Crippen MR) is 78.5 cm³/mol. The van der Waals surface area contributed by atoms with Crippen molar-refractivity contribution in [3.05, 3.63) is 58.4 Å². The maximum Gasteiger partial charge on any atom is 0.335 e. The summed E-state index contributed by atoms with van der Waals surface area (Å²) in [5, 5.41) is 12.1. The third-order valence-electron chi connectivity index (χ3n) is 2.78. The molecule has 0 saturated heterocycles. The van der Waals surface area contributed by atoms with Gasteiger partial charge in [-0.1, -0.05) is 17.7 Å². The zero-order chi connectivity index (χ0) is 15.4. The van der Waals surface area contributed by atoms with Gasteiger partial charge in [-0.15, -0.1) is 0 Å². The van der Waals surface area contributed by atoms with Crippen molar-refractivity contribution in [1.29, 1.82) is 0 Å². The molecule has 1 aromatic heterocycles. The van der Waals surface area contributed by atoms with Crippen LogP contribution in [0.5, 0.6) is 0 Å². The van der Waals surface area contributed by atoms with Gasteiger partial charge in [-0.25, -0.2) is 4.79 Å². The summed E-state index contributed by atoms with van der Waals surface area (Å²) in [7, 11) is 0. The van der Waals surface area contributed by atoms with E-state index in [2.05, 4.69) is 10.3 Å². The van der Waals surface area contributed by atoms with Crippen LogP contribution in [0.25, 0.3) is 0 Å². The van der Waals surface area contributed by atoms with Crippen LogP contribution in [0.3, 0.4) is 0 Å². The molecular formula is C14H12ClN3O3. The summed E-state index contributed by atoms with van der Waals surface area (Å²) in [6, 6.07) is 7.76. The number of rotatable bonds is 5. The Hall–Kier alpha value is -2.60. The summed E-state index contributed by atoms with van der Waals surface area (Å²) in [6.07, 6.45) is 1.41. The molecule has 2 aromatic rings. The smallest absolute Gasteiger partial charge is 0.335 e. The molecule has 0 atom stereocenters. The molecule has 108 valence electrons. The van der Waals surface area contributed by atoms with Gasteiger partial charge < -0.3 is 16.2 Å². The molecule has 0 bridgehead atoms. The first-order valence-corrected chi connectivity index (χ1v) is 6.37. The quantitative estimate of drug-likeness (QED) is 0.785. The molecule has 21 heavy (non-hydrogen) atoms. The first kappa shape index (κ1) is 14.8. The standard InChI is InChI=1S/C14H12ClN3O3/c15-10-2-1-3-11(12(10)13(16)19)18-7-9-6-8(14(20)21)4-5-17-9/h1-6,18H,7H2,(H2,16,19)(H,20,21). The summed E-state index contributed by atoms with van der Waals surface area (Å²) in [5.41, 5.74) is 6.61. The Balaban J connectivity index is 2.21. The fraction of sp³-hybridized carbons (Fsp3) is 0.0714. The van der Waals surface area contributed by atoms with E-state index in [1.54, 1.807) is 18.2 Å². The monoisotopic (exact) mass is 305 g/mol. The Labute approximate surface area is 125 Å². The Bertz CT molecular complexity index is 704. The Morgan fingerprint density at radius 2 is 2.10 bits per heavy atom. The largest absolute Gasteiger partial charge is 0.478 e. The maximum absolute atomic E-state index is 11.4. The van der Waals surface area contributed by atoms with E-state index in [0.717, 1.165) is 0 Å². The summed E-state index contributed by atoms with van der Waals surface area (Å²) in [4.78, 5) is 26.3. The summed E-state index contributed by atoms with van der Waals surface area (Å²) in [6.45, 7) is 0.238. The van der Waals surface area contributed by atoms with Crippen LogP contribution in [-0.2, 0) is 6.54 Å². The lowest BCUT2D eigenvalue weighted by Gasteiger charge is -2.11. The predicted octanol–water partition coefficient (Wildman–Crippen LogP) is 2.14. The highest BCUT2D eigenvalue weighted by Crippen LogP contribution is 2.24. The van der Waals surface area contributed by atoms with Crippen molar-refractivity contribution < 1.29 is 14.7 Å². The van der Waals surface area contributed by atoms with Gasteiger partial charge in [-0.3, -0.25) is 9.78 Å². The van der Waals surface area contributed by atoms with Gasteiger partial charge in [0.05, 0.1) is 28.4 Å². The number of primary amides is 1. The van der Waals surface area contributed by atoms with Crippen LogP contribution in [0, 0.1) is 0 Å². The van der Waals surface area contributed by atoms with Gasteiger partial charge in [0.25, 0.3) is 5.91 Å². The second kappa shape index (κ2) is 6.23. The van der Waals surface area contributed by atoms with Crippen molar-refractivity contribution in [2.45, 2.75) is 6.54 Å². The third kappa shape index (κ3) is 3.49. The molecule has 0 radical (unpaired) electrons. The number of carbonyl (C=O) groups excluding carboxylic acids is 1. The highest BCUT2D eigenvalue weighted by Gasteiger charge is 2.12. The molecule has 7 heteroatoms. The summed E-state index contributed by atoms with van der Waals surface area (Å²) in [5.74, 6) is -1.67. The minimum atomic E-state index is -1.03.